The summed E-state index contributed by atoms with van der Waals surface area (Å²) in [5.74, 6) is -2.01. The Kier molecular flexibility index (Phi) is 4.14. The smallest absolute Gasteiger partial charge is 0.413 e. The molecule has 0 aliphatic rings. The monoisotopic (exact) mass is 270 g/mol. The van der Waals surface area contributed by atoms with Gasteiger partial charge < -0.3 is 4.74 Å². The van der Waals surface area contributed by atoms with Crippen LogP contribution in [0, 0.1) is 5.41 Å². The number of hydrogen-bond donors (Lipinski definition) is 0. The Hall–Kier alpha value is -1.35. The summed E-state index contributed by atoms with van der Waals surface area (Å²) in [7, 11) is 0.503. The lowest BCUT2D eigenvalue weighted by molar-refractivity contribution is -0.329. The first-order chi connectivity index (χ1) is 7.40. The molecule has 0 aromatic rings. The molecule has 0 aliphatic carbocycles. The first-order valence-electron chi connectivity index (χ1n) is 3.80. The molecular weight excluding hydrogens is 265 g/mol. The number of rotatable bonds is 3. The number of halogens is 7. The SMILES string of the molecule is COC(=O)CC(C(=O)F)(C(F)(F)F)C(F)(F)F. The van der Waals surface area contributed by atoms with Crippen molar-refractivity contribution in [2.75, 3.05) is 7.11 Å². The molecule has 10 heteroatoms. The van der Waals surface area contributed by atoms with E-state index in [2.05, 4.69) is 4.74 Å². The number of carbonyl (C=O) groups is 2. The number of ether oxygens (including phenoxy) is 1. The summed E-state index contributed by atoms with van der Waals surface area (Å²) in [5, 5.41) is 0. The molecule has 0 N–H and O–H groups in total. The Balaban J connectivity index is 5.78. The molecule has 0 aliphatic heterocycles. The van der Waals surface area contributed by atoms with E-state index in [1.807, 2.05) is 0 Å². The summed E-state index contributed by atoms with van der Waals surface area (Å²) in [5.41, 5.74) is -5.38. The second kappa shape index (κ2) is 4.49. The van der Waals surface area contributed by atoms with Gasteiger partial charge in [-0.25, -0.2) is 0 Å². The van der Waals surface area contributed by atoms with Crippen LogP contribution >= 0.6 is 0 Å². The molecule has 3 nitrogen and oxygen atoms in total. The van der Waals surface area contributed by atoms with Crippen molar-refractivity contribution < 1.29 is 45.1 Å². The van der Waals surface area contributed by atoms with Gasteiger partial charge in [-0.15, -0.1) is 0 Å². The van der Waals surface area contributed by atoms with Crippen molar-refractivity contribution in [1.82, 2.24) is 0 Å². The molecule has 0 radical (unpaired) electrons. The molecule has 0 unspecified atom stereocenters. The van der Waals surface area contributed by atoms with Crippen LogP contribution in [0.25, 0.3) is 0 Å². The van der Waals surface area contributed by atoms with Gasteiger partial charge in [-0.1, -0.05) is 0 Å². The largest absolute Gasteiger partial charge is 0.469 e. The van der Waals surface area contributed by atoms with Crippen LogP contribution in [-0.2, 0) is 14.3 Å². The lowest BCUT2D eigenvalue weighted by Gasteiger charge is -2.31. The Labute approximate surface area is 89.5 Å². The third-order valence-electron chi connectivity index (χ3n) is 1.94. The van der Waals surface area contributed by atoms with Gasteiger partial charge in [0.15, 0.2) is 0 Å². The van der Waals surface area contributed by atoms with Crippen LogP contribution in [0.1, 0.15) is 6.42 Å². The zero-order valence-electron chi connectivity index (χ0n) is 8.08. The number of methoxy groups -OCH3 is 1. The van der Waals surface area contributed by atoms with Crippen molar-refractivity contribution in [2.24, 2.45) is 5.41 Å². The summed E-state index contributed by atoms with van der Waals surface area (Å²) in [4.78, 5) is 20.6. The Morgan fingerprint density at radius 2 is 1.35 bits per heavy atom. The summed E-state index contributed by atoms with van der Waals surface area (Å²) >= 11 is 0. The van der Waals surface area contributed by atoms with Gasteiger partial charge in [-0.2, -0.15) is 30.7 Å². The fourth-order valence-electron chi connectivity index (χ4n) is 0.942. The predicted molar refractivity (Wildman–Crippen MR) is 37.3 cm³/mol. The van der Waals surface area contributed by atoms with Crippen molar-refractivity contribution in [3.05, 3.63) is 0 Å². The van der Waals surface area contributed by atoms with Crippen LogP contribution in [0.2, 0.25) is 0 Å². The predicted octanol–water partition coefficient (Wildman–Crippen LogP) is 2.16. The van der Waals surface area contributed by atoms with Gasteiger partial charge in [0.25, 0.3) is 5.41 Å². The van der Waals surface area contributed by atoms with Crippen LogP contribution in [-0.4, -0.2) is 31.5 Å². The Morgan fingerprint density at radius 3 is 1.53 bits per heavy atom. The number of esters is 1. The van der Waals surface area contributed by atoms with Gasteiger partial charge in [0.1, 0.15) is 0 Å². The molecule has 0 atom stereocenters. The molecule has 0 aromatic heterocycles. The van der Waals surface area contributed by atoms with Crippen LogP contribution in [0.3, 0.4) is 0 Å². The molecule has 17 heavy (non-hydrogen) atoms. The Bertz CT molecular complexity index is 302. The van der Waals surface area contributed by atoms with Crippen molar-refractivity contribution in [2.45, 2.75) is 18.8 Å². The highest BCUT2D eigenvalue weighted by Crippen LogP contribution is 2.53. The fourth-order valence-corrected chi connectivity index (χ4v) is 0.942. The van der Waals surface area contributed by atoms with Gasteiger partial charge in [0.2, 0.25) is 0 Å². The molecule has 0 rings (SSSR count). The van der Waals surface area contributed by atoms with E-state index in [0.29, 0.717) is 7.11 Å². The minimum Gasteiger partial charge on any atom is -0.469 e. The van der Waals surface area contributed by atoms with Crippen molar-refractivity contribution in [3.8, 4) is 0 Å². The molecule has 0 fully saturated rings. The minimum absolute atomic E-state index is 0.503. The summed E-state index contributed by atoms with van der Waals surface area (Å²) in [6, 6.07) is -3.71. The van der Waals surface area contributed by atoms with Gasteiger partial charge >= 0.3 is 24.4 Å². The average Bonchev–Trinajstić information content (AvgIpc) is 2.08. The van der Waals surface area contributed by atoms with E-state index < -0.39 is 36.2 Å². The fraction of sp³-hybridized carbons (Fsp3) is 0.714. The van der Waals surface area contributed by atoms with E-state index >= 15 is 0 Å². The summed E-state index contributed by atoms with van der Waals surface area (Å²) < 4.78 is 89.2. The topological polar surface area (TPSA) is 43.4 Å². The van der Waals surface area contributed by atoms with Gasteiger partial charge in [-0.3, -0.25) is 9.59 Å². The zero-order valence-corrected chi connectivity index (χ0v) is 8.08. The molecule has 100 valence electrons. The van der Waals surface area contributed by atoms with E-state index in [1.54, 1.807) is 0 Å². The molecule has 0 aromatic carbocycles. The Morgan fingerprint density at radius 1 is 1.00 bits per heavy atom. The van der Waals surface area contributed by atoms with Gasteiger partial charge in [0.05, 0.1) is 13.5 Å². The normalized spacial score (nSPS) is 13.4. The second-order valence-electron chi connectivity index (χ2n) is 2.93. The third kappa shape index (κ3) is 2.67. The van der Waals surface area contributed by atoms with Gasteiger partial charge in [-0.05, 0) is 0 Å². The quantitative estimate of drug-likeness (QED) is 0.448. The number of hydrogen-bond acceptors (Lipinski definition) is 3. The minimum atomic E-state index is -6.30. The van der Waals surface area contributed by atoms with Gasteiger partial charge in [0, 0.05) is 0 Å². The van der Waals surface area contributed by atoms with Crippen LogP contribution < -0.4 is 0 Å². The maximum Gasteiger partial charge on any atom is 0.413 e. The third-order valence-corrected chi connectivity index (χ3v) is 1.94. The number of alkyl halides is 6. The summed E-state index contributed by atoms with van der Waals surface area (Å²) in [6.45, 7) is 0. The highest BCUT2D eigenvalue weighted by Gasteiger charge is 2.76. The van der Waals surface area contributed by atoms with E-state index in [-0.39, 0.29) is 0 Å². The maximum atomic E-state index is 12.2. The van der Waals surface area contributed by atoms with Crippen molar-refractivity contribution in [1.29, 1.82) is 0 Å². The molecule has 0 spiro atoms. The van der Waals surface area contributed by atoms with E-state index in [0.717, 1.165) is 0 Å². The first-order valence-corrected chi connectivity index (χ1v) is 3.80. The summed E-state index contributed by atoms with van der Waals surface area (Å²) in [6.07, 6.45) is -15.1. The number of carbonyl (C=O) groups excluding carboxylic acids is 2. The highest BCUT2D eigenvalue weighted by atomic mass is 19.4. The van der Waals surface area contributed by atoms with Crippen LogP contribution in [0.15, 0.2) is 0 Å². The molecule has 0 saturated carbocycles. The van der Waals surface area contributed by atoms with Crippen molar-refractivity contribution in [3.63, 3.8) is 0 Å². The standard InChI is InChI=1S/C7H5F7O3/c1-17-3(15)2-5(4(8)16,6(9,10)11)7(12,13)14/h2H2,1H3. The first kappa shape index (κ1) is 15.6. The van der Waals surface area contributed by atoms with Crippen LogP contribution in [0.5, 0.6) is 0 Å². The van der Waals surface area contributed by atoms with E-state index in [4.69, 9.17) is 0 Å². The molecule has 0 heterocycles. The molecule has 0 bridgehead atoms. The molecule has 0 saturated heterocycles. The average molecular weight is 270 g/mol. The molecular formula is C7H5F7O3. The van der Waals surface area contributed by atoms with E-state index in [1.165, 1.54) is 0 Å². The van der Waals surface area contributed by atoms with Crippen LogP contribution in [0.4, 0.5) is 30.7 Å². The lowest BCUT2D eigenvalue weighted by Crippen LogP contribution is -2.55. The highest BCUT2D eigenvalue weighted by molar-refractivity contribution is 5.84. The zero-order chi connectivity index (χ0) is 14.1. The molecule has 0 amide bonds. The van der Waals surface area contributed by atoms with Crippen molar-refractivity contribution >= 4 is 12.0 Å². The maximum absolute atomic E-state index is 12.2. The second-order valence-corrected chi connectivity index (χ2v) is 2.93. The van der Waals surface area contributed by atoms with E-state index in [9.17, 15) is 40.3 Å². The lowest BCUT2D eigenvalue weighted by atomic mass is 9.83.